The molecule has 0 aliphatic carbocycles. The first-order valence-corrected chi connectivity index (χ1v) is 6.87. The molecule has 2 aliphatic heterocycles. The van der Waals surface area contributed by atoms with Crippen molar-refractivity contribution in [2.24, 2.45) is 11.3 Å². The van der Waals surface area contributed by atoms with Crippen LogP contribution in [0.15, 0.2) is 30.3 Å². The number of benzene rings is 1. The Labute approximate surface area is 122 Å². The summed E-state index contributed by atoms with van der Waals surface area (Å²) in [5.74, 6) is -1.45. The van der Waals surface area contributed by atoms with Crippen molar-refractivity contribution in [1.82, 2.24) is 4.90 Å². The zero-order valence-corrected chi connectivity index (χ0v) is 11.5. The number of aliphatic carboxylic acids is 1. The van der Waals surface area contributed by atoms with Crippen molar-refractivity contribution < 1.29 is 24.2 Å². The summed E-state index contributed by atoms with van der Waals surface area (Å²) in [6.45, 7) is 1.56. The lowest BCUT2D eigenvalue weighted by molar-refractivity contribution is -0.164. The highest BCUT2D eigenvalue weighted by Crippen LogP contribution is 2.42. The first-order valence-electron chi connectivity index (χ1n) is 6.87. The summed E-state index contributed by atoms with van der Waals surface area (Å²) in [7, 11) is 0. The molecule has 1 spiro atoms. The fraction of sp³-hybridized carbons (Fsp3) is 0.467. The van der Waals surface area contributed by atoms with Crippen molar-refractivity contribution in [3.63, 3.8) is 0 Å². The molecular weight excluding hydrogens is 274 g/mol. The molecule has 0 radical (unpaired) electrons. The molecule has 0 bridgehead atoms. The van der Waals surface area contributed by atoms with E-state index in [9.17, 15) is 14.7 Å². The van der Waals surface area contributed by atoms with Crippen LogP contribution in [0.5, 0.6) is 0 Å². The largest absolute Gasteiger partial charge is 0.481 e. The Morgan fingerprint density at radius 2 is 2.05 bits per heavy atom. The fourth-order valence-corrected chi connectivity index (χ4v) is 2.92. The predicted octanol–water partition coefficient (Wildman–Crippen LogP) is 1.36. The van der Waals surface area contributed by atoms with Gasteiger partial charge in [-0.25, -0.2) is 4.79 Å². The minimum atomic E-state index is -0.878. The Kier molecular flexibility index (Phi) is 3.55. The maximum Gasteiger partial charge on any atom is 0.410 e. The van der Waals surface area contributed by atoms with Crippen molar-refractivity contribution in [1.29, 1.82) is 0 Å². The van der Waals surface area contributed by atoms with Gasteiger partial charge in [0.15, 0.2) is 0 Å². The molecule has 21 heavy (non-hydrogen) atoms. The van der Waals surface area contributed by atoms with E-state index in [0.29, 0.717) is 19.8 Å². The summed E-state index contributed by atoms with van der Waals surface area (Å²) < 4.78 is 10.4. The first kappa shape index (κ1) is 13.9. The van der Waals surface area contributed by atoms with Crippen LogP contribution in [0.2, 0.25) is 0 Å². The van der Waals surface area contributed by atoms with E-state index in [2.05, 4.69) is 0 Å². The van der Waals surface area contributed by atoms with E-state index in [-0.39, 0.29) is 13.2 Å². The van der Waals surface area contributed by atoms with E-state index in [1.54, 1.807) is 0 Å². The highest BCUT2D eigenvalue weighted by atomic mass is 16.6. The van der Waals surface area contributed by atoms with E-state index in [4.69, 9.17) is 9.47 Å². The second-order valence-corrected chi connectivity index (χ2v) is 5.67. The molecule has 1 aromatic carbocycles. The molecule has 6 heteroatoms. The molecule has 112 valence electrons. The highest BCUT2D eigenvalue weighted by molar-refractivity contribution is 5.75. The molecule has 1 N–H and O–H groups in total. The average Bonchev–Trinajstić information content (AvgIpc) is 2.87. The molecule has 0 unspecified atom stereocenters. The molecular formula is C15H17NO5. The third kappa shape index (κ3) is 2.58. The van der Waals surface area contributed by atoms with Gasteiger partial charge in [-0.2, -0.15) is 0 Å². The maximum absolute atomic E-state index is 12.1. The normalized spacial score (nSPS) is 22.9. The van der Waals surface area contributed by atoms with Crippen molar-refractivity contribution >= 4 is 12.1 Å². The van der Waals surface area contributed by atoms with Gasteiger partial charge in [-0.05, 0) is 5.56 Å². The average molecular weight is 291 g/mol. The number of rotatable bonds is 3. The Balaban J connectivity index is 1.60. The minimum absolute atomic E-state index is 0.187. The lowest BCUT2D eigenvalue weighted by Gasteiger charge is -2.40. The number of carboxylic acid groups (broad SMARTS) is 1. The van der Waals surface area contributed by atoms with Crippen LogP contribution in [0, 0.1) is 11.3 Å². The summed E-state index contributed by atoms with van der Waals surface area (Å²) in [6, 6.07) is 9.39. The molecule has 1 amide bonds. The summed E-state index contributed by atoms with van der Waals surface area (Å²) in [5.41, 5.74) is 0.471. The standard InChI is InChI=1S/C15H17NO5/c17-13(18)12-6-16(8-15(12)9-20-10-15)14(19)21-7-11-4-2-1-3-5-11/h1-5,12H,6-10H2,(H,17,18)/t12-/m0/s1. The molecule has 2 fully saturated rings. The molecule has 6 nitrogen and oxygen atoms in total. The van der Waals surface area contributed by atoms with Crippen LogP contribution >= 0.6 is 0 Å². The molecule has 3 rings (SSSR count). The summed E-state index contributed by atoms with van der Waals surface area (Å²) in [4.78, 5) is 24.9. The highest BCUT2D eigenvalue weighted by Gasteiger charge is 2.56. The van der Waals surface area contributed by atoms with Gasteiger partial charge < -0.3 is 19.5 Å². The van der Waals surface area contributed by atoms with Gasteiger partial charge in [0.05, 0.1) is 19.1 Å². The van der Waals surface area contributed by atoms with Crippen molar-refractivity contribution in [2.75, 3.05) is 26.3 Å². The maximum atomic E-state index is 12.1. The number of hydrogen-bond acceptors (Lipinski definition) is 4. The third-order valence-corrected chi connectivity index (χ3v) is 4.19. The lowest BCUT2D eigenvalue weighted by atomic mass is 9.76. The zero-order chi connectivity index (χ0) is 14.9. The van der Waals surface area contributed by atoms with E-state index >= 15 is 0 Å². The fourth-order valence-electron chi connectivity index (χ4n) is 2.92. The number of carbonyl (C=O) groups is 2. The molecule has 0 saturated carbocycles. The van der Waals surface area contributed by atoms with Gasteiger partial charge in [0.2, 0.25) is 0 Å². The van der Waals surface area contributed by atoms with Crippen LogP contribution in [-0.2, 0) is 20.9 Å². The molecule has 2 aliphatic rings. The minimum Gasteiger partial charge on any atom is -0.481 e. The van der Waals surface area contributed by atoms with Crippen molar-refractivity contribution in [3.8, 4) is 0 Å². The topological polar surface area (TPSA) is 76.1 Å². The number of ether oxygens (including phenoxy) is 2. The van der Waals surface area contributed by atoms with E-state index in [1.165, 1.54) is 4.90 Å². The first-order chi connectivity index (χ1) is 10.1. The van der Waals surface area contributed by atoms with E-state index in [1.807, 2.05) is 30.3 Å². The van der Waals surface area contributed by atoms with Gasteiger partial charge in [0.25, 0.3) is 0 Å². The molecule has 0 aromatic heterocycles. The Hall–Kier alpha value is -2.08. The van der Waals surface area contributed by atoms with Crippen LogP contribution in [-0.4, -0.2) is 48.4 Å². The van der Waals surface area contributed by atoms with Crippen LogP contribution < -0.4 is 0 Å². The van der Waals surface area contributed by atoms with Crippen LogP contribution in [0.4, 0.5) is 4.79 Å². The number of nitrogens with zero attached hydrogens (tertiary/aromatic N) is 1. The Morgan fingerprint density at radius 1 is 1.33 bits per heavy atom. The molecule has 1 aromatic rings. The number of likely N-dealkylation sites (tertiary alicyclic amines) is 1. The van der Waals surface area contributed by atoms with Gasteiger partial charge in [-0.1, -0.05) is 30.3 Å². The van der Waals surface area contributed by atoms with E-state index in [0.717, 1.165) is 5.56 Å². The van der Waals surface area contributed by atoms with Crippen LogP contribution in [0.25, 0.3) is 0 Å². The molecule has 2 saturated heterocycles. The number of hydrogen-bond donors (Lipinski definition) is 1. The monoisotopic (exact) mass is 291 g/mol. The predicted molar refractivity (Wildman–Crippen MR) is 72.6 cm³/mol. The Bertz CT molecular complexity index is 540. The quantitative estimate of drug-likeness (QED) is 0.910. The summed E-state index contributed by atoms with van der Waals surface area (Å²) in [6.07, 6.45) is -0.464. The number of carbonyl (C=O) groups excluding carboxylic acids is 1. The number of carboxylic acids is 1. The van der Waals surface area contributed by atoms with Crippen molar-refractivity contribution in [3.05, 3.63) is 35.9 Å². The second kappa shape index (κ2) is 5.37. The number of amides is 1. The summed E-state index contributed by atoms with van der Waals surface area (Å²) in [5, 5.41) is 9.29. The third-order valence-electron chi connectivity index (χ3n) is 4.19. The van der Waals surface area contributed by atoms with Gasteiger partial charge in [-0.15, -0.1) is 0 Å². The Morgan fingerprint density at radius 3 is 2.57 bits per heavy atom. The SMILES string of the molecule is O=C(O)[C@@H]1CN(C(=O)OCc2ccccc2)CC12COC2. The molecule has 2 heterocycles. The van der Waals surface area contributed by atoms with Crippen molar-refractivity contribution in [2.45, 2.75) is 6.61 Å². The van der Waals surface area contributed by atoms with Crippen LogP contribution in [0.1, 0.15) is 5.56 Å². The zero-order valence-electron chi connectivity index (χ0n) is 11.5. The van der Waals surface area contributed by atoms with Gasteiger partial charge >= 0.3 is 12.1 Å². The summed E-state index contributed by atoms with van der Waals surface area (Å²) >= 11 is 0. The second-order valence-electron chi connectivity index (χ2n) is 5.67. The van der Waals surface area contributed by atoms with Gasteiger partial charge in [-0.3, -0.25) is 4.79 Å². The van der Waals surface area contributed by atoms with Gasteiger partial charge in [0, 0.05) is 18.5 Å². The smallest absolute Gasteiger partial charge is 0.410 e. The van der Waals surface area contributed by atoms with Gasteiger partial charge in [0.1, 0.15) is 6.61 Å². The van der Waals surface area contributed by atoms with Crippen LogP contribution in [0.3, 0.4) is 0 Å². The molecule has 1 atom stereocenters. The van der Waals surface area contributed by atoms with E-state index < -0.39 is 23.4 Å². The lowest BCUT2D eigenvalue weighted by Crippen LogP contribution is -2.51.